The highest BCUT2D eigenvalue weighted by molar-refractivity contribution is 5.50. The average Bonchev–Trinajstić information content (AvgIpc) is 3.13. The molecule has 1 fully saturated rings. The van der Waals surface area contributed by atoms with Crippen LogP contribution in [0.15, 0.2) is 146 Å². The number of nitrogens with zero attached hydrogens (tertiary/aromatic N) is 4. The molecule has 248 valence electrons. The Morgan fingerprint density at radius 3 is 0.667 bits per heavy atom. The molecule has 0 aromatic heterocycles. The lowest BCUT2D eigenvalue weighted by molar-refractivity contribution is 0.154. The SMILES string of the molecule is C(=C\c1ccccc1)/CN1CCN(C/C=C/c2ccccc2)CCN(C/C=C/c2ccccc2)CCN(C/C=C/c2ccccc2)CC1. The molecule has 0 saturated carbocycles. The zero-order valence-corrected chi connectivity index (χ0v) is 28.4. The Balaban J connectivity index is 1.29. The third-order valence-electron chi connectivity index (χ3n) is 8.82. The van der Waals surface area contributed by atoms with Gasteiger partial charge in [0.25, 0.3) is 0 Å². The van der Waals surface area contributed by atoms with Crippen LogP contribution in [0.5, 0.6) is 0 Å². The molecular weight excluding hydrogens is 585 g/mol. The molecule has 0 amide bonds. The lowest BCUT2D eigenvalue weighted by Crippen LogP contribution is -2.46. The topological polar surface area (TPSA) is 13.0 Å². The van der Waals surface area contributed by atoms with E-state index in [0.29, 0.717) is 0 Å². The third-order valence-corrected chi connectivity index (χ3v) is 8.82. The van der Waals surface area contributed by atoms with Crippen LogP contribution in [0.2, 0.25) is 0 Å². The highest BCUT2D eigenvalue weighted by atomic mass is 15.3. The van der Waals surface area contributed by atoms with Crippen molar-refractivity contribution in [2.45, 2.75) is 0 Å². The minimum Gasteiger partial charge on any atom is -0.297 e. The van der Waals surface area contributed by atoms with Crippen molar-refractivity contribution in [1.29, 1.82) is 0 Å². The molecule has 4 heteroatoms. The van der Waals surface area contributed by atoms with Crippen molar-refractivity contribution >= 4 is 24.3 Å². The zero-order chi connectivity index (χ0) is 32.9. The zero-order valence-electron chi connectivity index (χ0n) is 28.4. The standard InChI is InChI=1S/C44H52N4/c1-5-17-41(18-6-1)25-13-29-45-33-35-46(30-14-26-42-19-7-2-8-20-42)37-39-48(32-16-28-44-23-11-4-12-24-44)40-38-47(36-34-45)31-15-27-43-21-9-3-10-22-43/h1-28H,29-40H2/b25-13+,26-14+,27-15+,28-16+. The predicted octanol–water partition coefficient (Wildman–Crippen LogP) is 8.06. The van der Waals surface area contributed by atoms with Gasteiger partial charge in [0.2, 0.25) is 0 Å². The van der Waals surface area contributed by atoms with E-state index >= 15 is 0 Å². The van der Waals surface area contributed by atoms with Gasteiger partial charge in [-0.25, -0.2) is 0 Å². The van der Waals surface area contributed by atoms with Gasteiger partial charge in [-0.2, -0.15) is 0 Å². The Bertz CT molecular complexity index is 1280. The second-order valence-corrected chi connectivity index (χ2v) is 12.5. The summed E-state index contributed by atoms with van der Waals surface area (Å²) >= 11 is 0. The van der Waals surface area contributed by atoms with E-state index in [2.05, 4.69) is 190 Å². The molecule has 4 aromatic carbocycles. The molecule has 1 aliphatic heterocycles. The van der Waals surface area contributed by atoms with Crippen LogP contribution in [-0.4, -0.2) is 98.1 Å². The maximum atomic E-state index is 2.63. The Hall–Kier alpha value is -4.32. The van der Waals surface area contributed by atoms with Crippen LogP contribution in [0, 0.1) is 0 Å². The molecule has 1 saturated heterocycles. The monoisotopic (exact) mass is 636 g/mol. The van der Waals surface area contributed by atoms with Crippen LogP contribution in [0.4, 0.5) is 0 Å². The van der Waals surface area contributed by atoms with Crippen molar-refractivity contribution in [1.82, 2.24) is 19.6 Å². The van der Waals surface area contributed by atoms with Gasteiger partial charge in [0, 0.05) is 78.5 Å². The minimum atomic E-state index is 0.951. The van der Waals surface area contributed by atoms with Crippen LogP contribution < -0.4 is 0 Å². The van der Waals surface area contributed by atoms with Gasteiger partial charge in [-0.15, -0.1) is 0 Å². The van der Waals surface area contributed by atoms with Crippen molar-refractivity contribution in [3.8, 4) is 0 Å². The van der Waals surface area contributed by atoms with Gasteiger partial charge in [0.05, 0.1) is 0 Å². The normalized spacial score (nSPS) is 17.0. The first-order valence-electron chi connectivity index (χ1n) is 17.6. The fraction of sp³-hybridized carbons (Fsp3) is 0.273. The van der Waals surface area contributed by atoms with Crippen LogP contribution in [0.25, 0.3) is 24.3 Å². The molecular formula is C44H52N4. The van der Waals surface area contributed by atoms with Gasteiger partial charge in [-0.3, -0.25) is 19.6 Å². The lowest BCUT2D eigenvalue weighted by Gasteiger charge is -2.33. The van der Waals surface area contributed by atoms with Crippen LogP contribution >= 0.6 is 0 Å². The average molecular weight is 637 g/mol. The molecule has 0 aliphatic carbocycles. The van der Waals surface area contributed by atoms with E-state index in [1.54, 1.807) is 0 Å². The van der Waals surface area contributed by atoms with Crippen molar-refractivity contribution in [3.63, 3.8) is 0 Å². The number of benzene rings is 4. The summed E-state index contributed by atoms with van der Waals surface area (Å²) in [5, 5.41) is 0. The predicted molar refractivity (Wildman–Crippen MR) is 208 cm³/mol. The fourth-order valence-electron chi connectivity index (χ4n) is 5.92. The quantitative estimate of drug-likeness (QED) is 0.156. The summed E-state index contributed by atoms with van der Waals surface area (Å²) in [4.78, 5) is 10.5. The summed E-state index contributed by atoms with van der Waals surface area (Å²) in [5.74, 6) is 0. The third kappa shape index (κ3) is 13.4. The molecule has 1 aliphatic rings. The first-order valence-corrected chi connectivity index (χ1v) is 17.6. The van der Waals surface area contributed by atoms with Gasteiger partial charge in [-0.05, 0) is 22.3 Å². The summed E-state index contributed by atoms with van der Waals surface area (Å²) < 4.78 is 0. The smallest absolute Gasteiger partial charge is 0.0167 e. The highest BCUT2D eigenvalue weighted by Crippen LogP contribution is 2.08. The summed E-state index contributed by atoms with van der Waals surface area (Å²) in [6, 6.07) is 42.6. The number of rotatable bonds is 12. The maximum Gasteiger partial charge on any atom is 0.0167 e. The van der Waals surface area contributed by atoms with E-state index in [9.17, 15) is 0 Å². The van der Waals surface area contributed by atoms with E-state index in [-0.39, 0.29) is 0 Å². The molecule has 1 heterocycles. The first kappa shape index (κ1) is 35.0. The highest BCUT2D eigenvalue weighted by Gasteiger charge is 2.15. The van der Waals surface area contributed by atoms with Gasteiger partial charge in [-0.1, -0.05) is 170 Å². The van der Waals surface area contributed by atoms with Crippen molar-refractivity contribution in [2.75, 3.05) is 78.5 Å². The second-order valence-electron chi connectivity index (χ2n) is 12.5. The fourth-order valence-corrected chi connectivity index (χ4v) is 5.92. The van der Waals surface area contributed by atoms with E-state index < -0.39 is 0 Å². The molecule has 0 bridgehead atoms. The van der Waals surface area contributed by atoms with Crippen LogP contribution in [-0.2, 0) is 0 Å². The van der Waals surface area contributed by atoms with E-state index in [4.69, 9.17) is 0 Å². The Labute approximate surface area is 289 Å². The Kier molecular flexibility index (Phi) is 15.2. The van der Waals surface area contributed by atoms with Gasteiger partial charge in [0.15, 0.2) is 0 Å². The molecule has 5 rings (SSSR count). The first-order chi connectivity index (χ1) is 23.8. The molecule has 48 heavy (non-hydrogen) atoms. The molecule has 0 radical (unpaired) electrons. The number of hydrogen-bond donors (Lipinski definition) is 0. The number of hydrogen-bond acceptors (Lipinski definition) is 4. The summed E-state index contributed by atoms with van der Waals surface area (Å²) in [7, 11) is 0. The van der Waals surface area contributed by atoms with E-state index in [1.165, 1.54) is 22.3 Å². The van der Waals surface area contributed by atoms with Crippen molar-refractivity contribution < 1.29 is 0 Å². The molecule has 0 N–H and O–H groups in total. The van der Waals surface area contributed by atoms with Gasteiger partial charge < -0.3 is 0 Å². The van der Waals surface area contributed by atoms with Crippen LogP contribution in [0.3, 0.4) is 0 Å². The summed E-state index contributed by atoms with van der Waals surface area (Å²) in [6.45, 7) is 12.1. The summed E-state index contributed by atoms with van der Waals surface area (Å²) in [5.41, 5.74) is 5.03. The van der Waals surface area contributed by atoms with Crippen molar-refractivity contribution in [3.05, 3.63) is 168 Å². The van der Waals surface area contributed by atoms with Crippen molar-refractivity contribution in [2.24, 2.45) is 0 Å². The van der Waals surface area contributed by atoms with Gasteiger partial charge in [0.1, 0.15) is 0 Å². The Morgan fingerprint density at radius 2 is 0.479 bits per heavy atom. The van der Waals surface area contributed by atoms with E-state index in [0.717, 1.165) is 78.5 Å². The molecule has 4 nitrogen and oxygen atoms in total. The molecule has 4 aromatic rings. The lowest BCUT2D eigenvalue weighted by atomic mass is 10.2. The molecule has 0 unspecified atom stereocenters. The second kappa shape index (κ2) is 20.8. The molecule has 0 atom stereocenters. The van der Waals surface area contributed by atoms with Crippen LogP contribution in [0.1, 0.15) is 22.3 Å². The van der Waals surface area contributed by atoms with Gasteiger partial charge >= 0.3 is 0 Å². The minimum absolute atomic E-state index is 0.951. The summed E-state index contributed by atoms with van der Waals surface area (Å²) in [6.07, 6.45) is 18.4. The Morgan fingerprint density at radius 1 is 0.292 bits per heavy atom. The largest absolute Gasteiger partial charge is 0.297 e. The molecule has 0 spiro atoms. The van der Waals surface area contributed by atoms with E-state index in [1.807, 2.05) is 0 Å². The maximum absolute atomic E-state index is 2.63.